The lowest BCUT2D eigenvalue weighted by molar-refractivity contribution is 0.276. The largest absolute Gasteiger partial charge is 0.393 e. The molecule has 1 aliphatic heterocycles. The highest BCUT2D eigenvalue weighted by Gasteiger charge is 2.17. The zero-order chi connectivity index (χ0) is 21.8. The molecule has 8 heteroatoms. The van der Waals surface area contributed by atoms with Crippen LogP contribution in [0.4, 0.5) is 15.2 Å². The van der Waals surface area contributed by atoms with Crippen LogP contribution in [0.2, 0.25) is 0 Å². The molecule has 3 aromatic heterocycles. The highest BCUT2D eigenvalue weighted by molar-refractivity contribution is 7.16. The molecule has 0 bridgehead atoms. The molecule has 0 radical (unpaired) electrons. The molecule has 1 fully saturated rings. The van der Waals surface area contributed by atoms with E-state index in [1.54, 1.807) is 18.3 Å². The van der Waals surface area contributed by atoms with Crippen LogP contribution < -0.4 is 10.6 Å². The first-order valence-corrected chi connectivity index (χ1v) is 11.5. The highest BCUT2D eigenvalue weighted by Crippen LogP contribution is 2.31. The molecule has 0 atom stereocenters. The number of imidazole rings is 1. The van der Waals surface area contributed by atoms with E-state index in [9.17, 15) is 4.39 Å². The van der Waals surface area contributed by atoms with Crippen molar-refractivity contribution in [2.24, 2.45) is 0 Å². The molecule has 2 N–H and O–H groups in total. The van der Waals surface area contributed by atoms with Crippen molar-refractivity contribution < 1.29 is 4.39 Å². The van der Waals surface area contributed by atoms with Crippen molar-refractivity contribution in [3.8, 4) is 0 Å². The summed E-state index contributed by atoms with van der Waals surface area (Å²) in [4.78, 5) is 12.3. The van der Waals surface area contributed by atoms with Gasteiger partial charge in [0.25, 0.3) is 0 Å². The molecular weight excluding hydrogens is 411 g/mol. The summed E-state index contributed by atoms with van der Waals surface area (Å²) < 4.78 is 16.7. The summed E-state index contributed by atoms with van der Waals surface area (Å²) in [6.07, 6.45) is 12.3. The van der Waals surface area contributed by atoms with Crippen molar-refractivity contribution in [1.29, 1.82) is 0 Å². The number of allylic oxidation sites excluding steroid dienone is 2. The Kier molecular flexibility index (Phi) is 6.67. The minimum absolute atomic E-state index is 0.157. The van der Waals surface area contributed by atoms with Gasteiger partial charge < -0.3 is 10.6 Å². The van der Waals surface area contributed by atoms with Gasteiger partial charge in [0.15, 0.2) is 11.5 Å². The fraction of sp³-hybridized carbons (Fsp3) is 0.391. The van der Waals surface area contributed by atoms with Gasteiger partial charge in [0.1, 0.15) is 5.82 Å². The van der Waals surface area contributed by atoms with Crippen molar-refractivity contribution in [3.05, 3.63) is 59.4 Å². The van der Waals surface area contributed by atoms with E-state index in [1.807, 2.05) is 30.8 Å². The third-order valence-corrected chi connectivity index (χ3v) is 6.50. The van der Waals surface area contributed by atoms with Gasteiger partial charge in [-0.05, 0) is 32.9 Å². The van der Waals surface area contributed by atoms with Gasteiger partial charge >= 0.3 is 0 Å². The predicted molar refractivity (Wildman–Crippen MR) is 126 cm³/mol. The van der Waals surface area contributed by atoms with Crippen LogP contribution in [-0.2, 0) is 6.54 Å². The third kappa shape index (κ3) is 4.80. The number of aromatic nitrogens is 3. The number of hydrogen-bond donors (Lipinski definition) is 2. The molecule has 6 nitrogen and oxygen atoms in total. The van der Waals surface area contributed by atoms with E-state index < -0.39 is 0 Å². The van der Waals surface area contributed by atoms with Crippen LogP contribution in [0.3, 0.4) is 0 Å². The predicted octanol–water partition coefficient (Wildman–Crippen LogP) is 5.10. The molecule has 0 aliphatic carbocycles. The molecule has 0 unspecified atom stereocenters. The van der Waals surface area contributed by atoms with Gasteiger partial charge in [-0.3, -0.25) is 9.30 Å². The lowest BCUT2D eigenvalue weighted by Gasteiger charge is -2.18. The number of nitrogens with one attached hydrogen (secondary N) is 2. The zero-order valence-electron chi connectivity index (χ0n) is 18.1. The van der Waals surface area contributed by atoms with E-state index >= 15 is 0 Å². The fourth-order valence-electron chi connectivity index (χ4n) is 3.99. The van der Waals surface area contributed by atoms with Crippen LogP contribution in [0, 0.1) is 12.7 Å². The lowest BCUT2D eigenvalue weighted by Crippen LogP contribution is -2.23. The number of rotatable bonds is 7. The van der Waals surface area contributed by atoms with Crippen LogP contribution in [0.5, 0.6) is 0 Å². The van der Waals surface area contributed by atoms with Gasteiger partial charge in [-0.25, -0.2) is 14.4 Å². The van der Waals surface area contributed by atoms with E-state index in [-0.39, 0.29) is 5.82 Å². The average Bonchev–Trinajstić information content (AvgIpc) is 3.20. The van der Waals surface area contributed by atoms with Gasteiger partial charge in [0.2, 0.25) is 0 Å². The summed E-state index contributed by atoms with van der Waals surface area (Å²) in [6.45, 7) is 8.59. The second-order valence-electron chi connectivity index (χ2n) is 7.86. The molecule has 3 aromatic rings. The van der Waals surface area contributed by atoms with E-state index in [2.05, 4.69) is 32.1 Å². The van der Waals surface area contributed by atoms with E-state index in [1.165, 1.54) is 37.0 Å². The van der Waals surface area contributed by atoms with Gasteiger partial charge in [-0.2, -0.15) is 0 Å². The van der Waals surface area contributed by atoms with E-state index in [0.29, 0.717) is 18.0 Å². The molecule has 0 spiro atoms. The maximum atomic E-state index is 14.7. The van der Waals surface area contributed by atoms with Crippen molar-refractivity contribution >= 4 is 33.4 Å². The second kappa shape index (κ2) is 9.62. The van der Waals surface area contributed by atoms with Crippen molar-refractivity contribution in [2.45, 2.75) is 39.2 Å². The van der Waals surface area contributed by atoms with E-state index in [4.69, 9.17) is 0 Å². The van der Waals surface area contributed by atoms with Crippen LogP contribution in [-0.4, -0.2) is 39.4 Å². The summed E-state index contributed by atoms with van der Waals surface area (Å²) in [5, 5.41) is 7.08. The number of aryl methyl sites for hydroxylation is 1. The summed E-state index contributed by atoms with van der Waals surface area (Å²) in [6, 6.07) is 1.57. The van der Waals surface area contributed by atoms with Crippen LogP contribution >= 0.6 is 11.3 Å². The monoisotopic (exact) mass is 440 g/mol. The number of nitrogens with zero attached hydrogens (tertiary/aromatic N) is 4. The molecule has 4 rings (SSSR count). The van der Waals surface area contributed by atoms with E-state index in [0.717, 1.165) is 39.9 Å². The zero-order valence-corrected chi connectivity index (χ0v) is 18.9. The summed E-state index contributed by atoms with van der Waals surface area (Å²) >= 11 is 1.45. The number of anilines is 2. The Bertz CT molecular complexity index is 1090. The van der Waals surface area contributed by atoms with Crippen molar-refractivity contribution in [2.75, 3.05) is 25.5 Å². The Labute approximate surface area is 186 Å². The fourth-order valence-corrected chi connectivity index (χ4v) is 4.97. The smallest absolute Gasteiger partial charge is 0.180 e. The Morgan fingerprint density at radius 3 is 2.77 bits per heavy atom. The quantitative estimate of drug-likeness (QED) is 0.501. The maximum Gasteiger partial charge on any atom is 0.180 e. The van der Waals surface area contributed by atoms with Crippen LogP contribution in [0.15, 0.2) is 37.3 Å². The van der Waals surface area contributed by atoms with Gasteiger partial charge in [-0.15, -0.1) is 11.3 Å². The Morgan fingerprint density at radius 1 is 1.29 bits per heavy atom. The molecule has 164 valence electrons. The lowest BCUT2D eigenvalue weighted by atomic mass is 10.2. The minimum atomic E-state index is -0.157. The van der Waals surface area contributed by atoms with Crippen molar-refractivity contribution in [3.63, 3.8) is 0 Å². The van der Waals surface area contributed by atoms with Gasteiger partial charge in [-0.1, -0.05) is 25.5 Å². The van der Waals surface area contributed by atoms with Crippen molar-refractivity contribution in [1.82, 2.24) is 24.6 Å². The number of hydrogen-bond acceptors (Lipinski definition) is 6. The maximum absolute atomic E-state index is 14.7. The van der Waals surface area contributed by atoms with Crippen LogP contribution in [0.25, 0.3) is 11.2 Å². The first-order valence-electron chi connectivity index (χ1n) is 10.7. The normalized spacial score (nSPS) is 15.8. The molecule has 0 saturated carbocycles. The molecular formula is C23H29FN6S. The first-order chi connectivity index (χ1) is 15.1. The molecule has 0 aromatic carbocycles. The molecule has 1 aliphatic rings. The highest BCUT2D eigenvalue weighted by atomic mass is 32.1. The molecule has 4 heterocycles. The van der Waals surface area contributed by atoms with Gasteiger partial charge in [0.05, 0.1) is 27.5 Å². The minimum Gasteiger partial charge on any atom is -0.393 e. The second-order valence-corrected chi connectivity index (χ2v) is 8.99. The summed E-state index contributed by atoms with van der Waals surface area (Å²) in [5.74, 6) is 0.456. The first kappa shape index (κ1) is 21.5. The molecule has 31 heavy (non-hydrogen) atoms. The summed E-state index contributed by atoms with van der Waals surface area (Å²) in [7, 11) is 1.85. The van der Waals surface area contributed by atoms with Crippen LogP contribution in [0.1, 0.15) is 41.9 Å². The standard InChI is InChI=1S/C23H29FN6S/c1-4-17(12-25-3)19-13-26-23-22(27-16(2)14-30(19)23)28-21-11-18(24)20(31-21)15-29-9-7-5-6-8-10-29/h4,11-14,25H,1,5-10,15H2,2-3H3,(H,27,28)/b17-12+. The average molecular weight is 441 g/mol. The number of thiophene rings is 1. The molecule has 1 saturated heterocycles. The topological polar surface area (TPSA) is 57.5 Å². The molecule has 0 amide bonds. The van der Waals surface area contributed by atoms with Gasteiger partial charge in [0, 0.05) is 37.6 Å². The Morgan fingerprint density at radius 2 is 2.06 bits per heavy atom. The SMILES string of the molecule is C=C/C(=C\NC)c1cnc2c(Nc3cc(F)c(CN4CCCCCC4)s3)nc(C)cn12. The number of likely N-dealkylation sites (tertiary alicyclic amines) is 1. The third-order valence-electron chi connectivity index (χ3n) is 5.49. The number of halogens is 1. The number of fused-ring (bicyclic) bond motifs is 1. The summed E-state index contributed by atoms with van der Waals surface area (Å²) in [5.41, 5.74) is 3.36. The Hall–Kier alpha value is -2.71. The Balaban J connectivity index is 1.61.